The first-order valence-corrected chi connectivity index (χ1v) is 10.7. The Bertz CT molecular complexity index is 1350. The summed E-state index contributed by atoms with van der Waals surface area (Å²) in [5.74, 6) is 1.52. The highest BCUT2D eigenvalue weighted by molar-refractivity contribution is 5.93. The molecule has 0 bridgehead atoms. The summed E-state index contributed by atoms with van der Waals surface area (Å²) in [6.07, 6.45) is 3.03. The van der Waals surface area contributed by atoms with Crippen LogP contribution in [0.2, 0.25) is 0 Å². The van der Waals surface area contributed by atoms with Gasteiger partial charge >= 0.3 is 5.97 Å². The Hall–Kier alpha value is -4.06. The summed E-state index contributed by atoms with van der Waals surface area (Å²) in [6, 6.07) is 21.4. The number of para-hydroxylation sites is 1. The van der Waals surface area contributed by atoms with Gasteiger partial charge in [0.05, 0.1) is 12.1 Å². The van der Waals surface area contributed by atoms with Crippen molar-refractivity contribution in [2.75, 3.05) is 5.32 Å². The molecule has 158 valence electrons. The smallest absolute Gasteiger partial charge is 0.311 e. The number of anilines is 2. The molecule has 0 radical (unpaired) electrons. The molecular formula is C26H22N4O2. The Balaban J connectivity index is 1.53. The molecule has 5 rings (SSSR count). The molecule has 2 heterocycles. The monoisotopic (exact) mass is 422 g/mol. The Morgan fingerprint density at radius 1 is 1.03 bits per heavy atom. The van der Waals surface area contributed by atoms with Crippen molar-refractivity contribution in [3.63, 3.8) is 0 Å². The van der Waals surface area contributed by atoms with E-state index in [1.807, 2.05) is 55.6 Å². The molecule has 3 aromatic carbocycles. The molecule has 1 aliphatic heterocycles. The average molecular weight is 422 g/mol. The van der Waals surface area contributed by atoms with Gasteiger partial charge in [0, 0.05) is 29.3 Å². The van der Waals surface area contributed by atoms with Crippen molar-refractivity contribution in [3.8, 4) is 17.1 Å². The molecule has 0 spiro atoms. The lowest BCUT2D eigenvalue weighted by molar-refractivity contribution is -0.134. The normalized spacial score (nSPS) is 12.0. The third-order valence-electron chi connectivity index (χ3n) is 5.28. The van der Waals surface area contributed by atoms with Crippen molar-refractivity contribution in [2.24, 2.45) is 4.99 Å². The Kier molecular flexibility index (Phi) is 5.34. The third-order valence-corrected chi connectivity index (χ3v) is 5.28. The molecule has 4 aromatic rings. The van der Waals surface area contributed by atoms with Gasteiger partial charge < -0.3 is 10.1 Å². The number of fused-ring (bicyclic) bond motifs is 2. The number of hydrogen-bond acceptors (Lipinski definition) is 6. The topological polar surface area (TPSA) is 76.5 Å². The highest BCUT2D eigenvalue weighted by Gasteiger charge is 2.13. The molecule has 6 nitrogen and oxygen atoms in total. The number of benzene rings is 3. The number of carbonyl (C=O) groups excluding carboxylic acids is 1. The van der Waals surface area contributed by atoms with E-state index in [0.29, 0.717) is 23.8 Å². The van der Waals surface area contributed by atoms with Crippen molar-refractivity contribution >= 4 is 34.6 Å². The van der Waals surface area contributed by atoms with E-state index in [9.17, 15) is 4.79 Å². The molecule has 1 aliphatic rings. The molecule has 0 aliphatic carbocycles. The molecule has 0 saturated heterocycles. The minimum absolute atomic E-state index is 0.244. The lowest BCUT2D eigenvalue weighted by atomic mass is 10.1. The standard InChI is InChI=1S/C26H22N4O2/c1-2-6-24(31)32-21-8-5-7-17(14-21)25-29-23-10-4-3-9-22(23)26(30-25)28-20-12-11-18-15-27-16-19(18)13-20/h3-5,7-14,16H,2,6,15H2,1H3,(H,28,29,30). The van der Waals surface area contributed by atoms with Crippen LogP contribution in [0.3, 0.4) is 0 Å². The van der Waals surface area contributed by atoms with Gasteiger partial charge in [-0.25, -0.2) is 9.97 Å². The van der Waals surface area contributed by atoms with Crippen molar-refractivity contribution in [1.82, 2.24) is 9.97 Å². The third kappa shape index (κ3) is 4.07. The number of hydrogen-bond donors (Lipinski definition) is 1. The van der Waals surface area contributed by atoms with Crippen LogP contribution in [0, 0.1) is 0 Å². The second kappa shape index (κ2) is 8.59. The summed E-state index contributed by atoms with van der Waals surface area (Å²) < 4.78 is 5.45. The van der Waals surface area contributed by atoms with Crippen LogP contribution in [0.4, 0.5) is 11.5 Å². The van der Waals surface area contributed by atoms with Crippen molar-refractivity contribution in [1.29, 1.82) is 0 Å². The van der Waals surface area contributed by atoms with E-state index >= 15 is 0 Å². The molecule has 0 atom stereocenters. The average Bonchev–Trinajstić information content (AvgIpc) is 3.27. The van der Waals surface area contributed by atoms with E-state index in [-0.39, 0.29) is 5.97 Å². The number of carbonyl (C=O) groups is 1. The molecular weight excluding hydrogens is 400 g/mol. The second-order valence-corrected chi connectivity index (χ2v) is 7.67. The lowest BCUT2D eigenvalue weighted by Crippen LogP contribution is -2.07. The van der Waals surface area contributed by atoms with Crippen LogP contribution in [0.25, 0.3) is 22.3 Å². The number of aliphatic imine (C=N–C) groups is 1. The molecule has 0 saturated carbocycles. The van der Waals surface area contributed by atoms with Crippen molar-refractivity contribution in [3.05, 3.63) is 77.9 Å². The molecule has 0 fully saturated rings. The highest BCUT2D eigenvalue weighted by Crippen LogP contribution is 2.30. The fourth-order valence-electron chi connectivity index (χ4n) is 3.70. The minimum atomic E-state index is -0.244. The van der Waals surface area contributed by atoms with Gasteiger partial charge in [-0.2, -0.15) is 0 Å². The van der Waals surface area contributed by atoms with Crippen molar-refractivity contribution in [2.45, 2.75) is 26.3 Å². The predicted octanol–water partition coefficient (Wildman–Crippen LogP) is 5.68. The number of esters is 1. The van der Waals surface area contributed by atoms with Crippen LogP contribution in [-0.4, -0.2) is 22.2 Å². The number of nitrogens with zero attached hydrogens (tertiary/aromatic N) is 3. The summed E-state index contributed by atoms with van der Waals surface area (Å²) in [5.41, 5.74) is 4.89. The maximum atomic E-state index is 11.9. The van der Waals surface area contributed by atoms with E-state index in [1.165, 1.54) is 5.56 Å². The second-order valence-electron chi connectivity index (χ2n) is 7.67. The summed E-state index contributed by atoms with van der Waals surface area (Å²) in [5, 5.41) is 4.38. The van der Waals surface area contributed by atoms with Crippen LogP contribution < -0.4 is 10.1 Å². The summed E-state index contributed by atoms with van der Waals surface area (Å²) in [6.45, 7) is 2.68. The van der Waals surface area contributed by atoms with E-state index in [0.717, 1.165) is 40.7 Å². The maximum absolute atomic E-state index is 11.9. The van der Waals surface area contributed by atoms with Gasteiger partial charge in [-0.05, 0) is 53.9 Å². The first-order valence-electron chi connectivity index (χ1n) is 10.7. The van der Waals surface area contributed by atoms with Gasteiger partial charge in [0.2, 0.25) is 0 Å². The molecule has 0 unspecified atom stereocenters. The van der Waals surface area contributed by atoms with Gasteiger partial charge in [0.15, 0.2) is 5.82 Å². The van der Waals surface area contributed by atoms with Crippen LogP contribution in [0.5, 0.6) is 5.75 Å². The zero-order valence-electron chi connectivity index (χ0n) is 17.7. The van der Waals surface area contributed by atoms with E-state index in [4.69, 9.17) is 14.7 Å². The lowest BCUT2D eigenvalue weighted by Gasteiger charge is -2.12. The Morgan fingerprint density at radius 2 is 1.94 bits per heavy atom. The highest BCUT2D eigenvalue weighted by atomic mass is 16.5. The summed E-state index contributed by atoms with van der Waals surface area (Å²) in [7, 11) is 0. The van der Waals surface area contributed by atoms with Gasteiger partial charge in [-0.15, -0.1) is 0 Å². The predicted molar refractivity (Wildman–Crippen MR) is 127 cm³/mol. The first-order chi connectivity index (χ1) is 15.7. The van der Waals surface area contributed by atoms with Crippen LogP contribution in [0.1, 0.15) is 30.9 Å². The van der Waals surface area contributed by atoms with Gasteiger partial charge in [-0.3, -0.25) is 9.79 Å². The van der Waals surface area contributed by atoms with E-state index in [1.54, 1.807) is 12.1 Å². The molecule has 0 amide bonds. The molecule has 6 heteroatoms. The molecule has 1 N–H and O–H groups in total. The number of aromatic nitrogens is 2. The van der Waals surface area contributed by atoms with Gasteiger partial charge in [0.25, 0.3) is 0 Å². The van der Waals surface area contributed by atoms with E-state index < -0.39 is 0 Å². The summed E-state index contributed by atoms with van der Waals surface area (Å²) >= 11 is 0. The zero-order valence-corrected chi connectivity index (χ0v) is 17.7. The largest absolute Gasteiger partial charge is 0.427 e. The SMILES string of the molecule is CCCC(=O)Oc1cccc(-c2nc(Nc3ccc4c(c3)C=NC4)c3ccccc3n2)c1. The quantitative estimate of drug-likeness (QED) is 0.320. The number of nitrogens with one attached hydrogen (secondary N) is 1. The van der Waals surface area contributed by atoms with Crippen molar-refractivity contribution < 1.29 is 9.53 Å². The fourth-order valence-corrected chi connectivity index (χ4v) is 3.70. The zero-order chi connectivity index (χ0) is 21.9. The summed E-state index contributed by atoms with van der Waals surface area (Å²) in [4.78, 5) is 25.8. The van der Waals surface area contributed by atoms with Gasteiger partial charge in [-0.1, -0.05) is 37.3 Å². The Morgan fingerprint density at radius 3 is 2.84 bits per heavy atom. The molecule has 1 aromatic heterocycles. The number of rotatable bonds is 6. The van der Waals surface area contributed by atoms with Crippen LogP contribution >= 0.6 is 0 Å². The first kappa shape index (κ1) is 19.9. The van der Waals surface area contributed by atoms with Gasteiger partial charge in [0.1, 0.15) is 11.6 Å². The minimum Gasteiger partial charge on any atom is -0.427 e. The number of ether oxygens (including phenoxy) is 1. The fraction of sp³-hybridized carbons (Fsp3) is 0.154. The van der Waals surface area contributed by atoms with Crippen LogP contribution in [-0.2, 0) is 11.3 Å². The van der Waals surface area contributed by atoms with Crippen LogP contribution in [0.15, 0.2) is 71.7 Å². The molecule has 32 heavy (non-hydrogen) atoms. The maximum Gasteiger partial charge on any atom is 0.311 e. The van der Waals surface area contributed by atoms with E-state index in [2.05, 4.69) is 22.4 Å². The Labute approximate surface area is 186 Å².